The van der Waals surface area contributed by atoms with Gasteiger partial charge in [-0.05, 0) is 36.8 Å². The number of rotatable bonds is 12. The number of Topliss-reactive ketones (excluding diaryl/α,β-unsaturated/α-hetero) is 1. The third kappa shape index (κ3) is 7.23. The van der Waals surface area contributed by atoms with Crippen LogP contribution >= 0.6 is 0 Å². The van der Waals surface area contributed by atoms with Gasteiger partial charge in [0.15, 0.2) is 5.78 Å². The number of hydrogen-bond acceptors (Lipinski definition) is 5. The smallest absolute Gasteiger partial charge is 0.243 e. The van der Waals surface area contributed by atoms with Gasteiger partial charge in [0.25, 0.3) is 0 Å². The summed E-state index contributed by atoms with van der Waals surface area (Å²) in [5.41, 5.74) is 7.14. The van der Waals surface area contributed by atoms with Crippen molar-refractivity contribution in [2.75, 3.05) is 6.61 Å². The number of epoxide rings is 1. The zero-order valence-corrected chi connectivity index (χ0v) is 20.1. The van der Waals surface area contributed by atoms with Crippen LogP contribution in [0.1, 0.15) is 38.3 Å². The van der Waals surface area contributed by atoms with E-state index in [0.717, 1.165) is 11.1 Å². The van der Waals surface area contributed by atoms with E-state index in [2.05, 4.69) is 10.6 Å². The van der Waals surface area contributed by atoms with Crippen LogP contribution in [0.3, 0.4) is 0 Å². The lowest BCUT2D eigenvalue weighted by Gasteiger charge is -2.26. The van der Waals surface area contributed by atoms with Crippen molar-refractivity contribution < 1.29 is 19.1 Å². The second-order valence-electron chi connectivity index (χ2n) is 9.62. The Hall–Kier alpha value is -3.03. The van der Waals surface area contributed by atoms with Crippen molar-refractivity contribution >= 4 is 17.6 Å². The quantitative estimate of drug-likeness (QED) is 0.416. The number of nitrogens with two attached hydrogens (primary N) is 1. The Balaban J connectivity index is 1.73. The van der Waals surface area contributed by atoms with Crippen LogP contribution in [-0.2, 0) is 32.0 Å². The maximum atomic E-state index is 13.3. The summed E-state index contributed by atoms with van der Waals surface area (Å²) in [5, 5.41) is 5.70. The Bertz CT molecular complexity index is 974. The van der Waals surface area contributed by atoms with Crippen LogP contribution in [0.4, 0.5) is 0 Å². The number of hydrogen-bond donors (Lipinski definition) is 3. The number of ketones is 1. The van der Waals surface area contributed by atoms with Gasteiger partial charge < -0.3 is 21.1 Å². The molecule has 2 aromatic rings. The third-order valence-corrected chi connectivity index (χ3v) is 5.99. The predicted molar refractivity (Wildman–Crippen MR) is 131 cm³/mol. The number of nitrogens with one attached hydrogen (secondary N) is 2. The van der Waals surface area contributed by atoms with Gasteiger partial charge in [-0.25, -0.2) is 0 Å². The van der Waals surface area contributed by atoms with Crippen molar-refractivity contribution in [3.8, 4) is 0 Å². The van der Waals surface area contributed by atoms with Crippen LogP contribution in [-0.4, -0.2) is 47.9 Å². The molecule has 1 fully saturated rings. The Kier molecular flexibility index (Phi) is 8.58. The molecule has 4 atom stereocenters. The molecule has 0 aromatic heterocycles. The van der Waals surface area contributed by atoms with Crippen molar-refractivity contribution in [2.24, 2.45) is 11.7 Å². The molecule has 1 saturated heterocycles. The molecule has 3 rings (SSSR count). The van der Waals surface area contributed by atoms with Crippen LogP contribution in [0.25, 0.3) is 0 Å². The highest BCUT2D eigenvalue weighted by atomic mass is 16.6. The minimum absolute atomic E-state index is 0.139. The molecular weight excluding hydrogens is 430 g/mol. The molecule has 7 heteroatoms. The van der Waals surface area contributed by atoms with Gasteiger partial charge >= 0.3 is 0 Å². The summed E-state index contributed by atoms with van der Waals surface area (Å²) in [5.74, 6) is -0.769. The van der Waals surface area contributed by atoms with Crippen molar-refractivity contribution in [1.82, 2.24) is 10.6 Å². The molecule has 0 bridgehead atoms. The van der Waals surface area contributed by atoms with Crippen LogP contribution in [0.15, 0.2) is 60.7 Å². The van der Waals surface area contributed by atoms with Gasteiger partial charge in [-0.3, -0.25) is 14.4 Å². The predicted octanol–water partition coefficient (Wildman–Crippen LogP) is 2.17. The second-order valence-corrected chi connectivity index (χ2v) is 9.62. The first-order valence-corrected chi connectivity index (χ1v) is 11.8. The largest absolute Gasteiger partial charge is 0.361 e. The summed E-state index contributed by atoms with van der Waals surface area (Å²) in [6.45, 7) is 6.08. The maximum absolute atomic E-state index is 13.3. The Morgan fingerprint density at radius 2 is 1.38 bits per heavy atom. The highest BCUT2D eigenvalue weighted by molar-refractivity contribution is 5.98. The lowest BCUT2D eigenvalue weighted by Crippen LogP contribution is -2.56. The molecule has 0 saturated carbocycles. The molecule has 0 spiro atoms. The Labute approximate surface area is 201 Å². The average Bonchev–Trinajstić information content (AvgIpc) is 3.57. The molecule has 4 N–H and O–H groups in total. The topological polar surface area (TPSA) is 114 Å². The molecule has 2 aromatic carbocycles. The van der Waals surface area contributed by atoms with Gasteiger partial charge in [0, 0.05) is 6.42 Å². The van der Waals surface area contributed by atoms with Gasteiger partial charge in [-0.1, -0.05) is 74.5 Å². The minimum atomic E-state index is -0.868. The first kappa shape index (κ1) is 25.6. The van der Waals surface area contributed by atoms with E-state index in [1.54, 1.807) is 6.92 Å². The summed E-state index contributed by atoms with van der Waals surface area (Å²) < 4.78 is 5.32. The van der Waals surface area contributed by atoms with Crippen molar-refractivity contribution in [3.05, 3.63) is 71.8 Å². The molecule has 2 amide bonds. The summed E-state index contributed by atoms with van der Waals surface area (Å²) in [6, 6.07) is 16.6. The number of carbonyl (C=O) groups excluding carboxylic acids is 3. The molecule has 182 valence electrons. The van der Waals surface area contributed by atoms with Crippen LogP contribution in [0.5, 0.6) is 0 Å². The lowest BCUT2D eigenvalue weighted by atomic mass is 9.93. The highest BCUT2D eigenvalue weighted by Gasteiger charge is 2.50. The monoisotopic (exact) mass is 465 g/mol. The van der Waals surface area contributed by atoms with Crippen molar-refractivity contribution in [2.45, 2.75) is 63.8 Å². The molecule has 0 aliphatic carbocycles. The molecule has 34 heavy (non-hydrogen) atoms. The number of ether oxygens (including phenoxy) is 1. The molecule has 0 radical (unpaired) electrons. The standard InChI is InChI=1S/C27H35N3O4/c1-18(2)14-22(24(31)27(3)17-34-27)29-26(33)23(16-20-12-8-5-9-13-20)30-25(32)21(28)15-19-10-6-4-7-11-19/h4-13,18,21-23H,14-17,28H2,1-3H3,(H,29,33)(H,30,32)/t21?,22?,23-,27+/m0/s1. The van der Waals surface area contributed by atoms with E-state index < -0.39 is 35.5 Å². The first-order chi connectivity index (χ1) is 16.2. The Morgan fingerprint density at radius 3 is 1.88 bits per heavy atom. The molecule has 7 nitrogen and oxygen atoms in total. The van der Waals surface area contributed by atoms with Gasteiger partial charge in [0.1, 0.15) is 11.6 Å². The van der Waals surface area contributed by atoms with Crippen LogP contribution < -0.4 is 16.4 Å². The third-order valence-electron chi connectivity index (χ3n) is 5.99. The summed E-state index contributed by atoms with van der Waals surface area (Å²) in [4.78, 5) is 39.2. The van der Waals surface area contributed by atoms with E-state index in [0.29, 0.717) is 19.4 Å². The molecule has 1 aliphatic heterocycles. The SMILES string of the molecule is CC(C)CC(NC(=O)[C@H](Cc1ccccc1)NC(=O)C(N)Cc1ccccc1)C(=O)[C@@]1(C)CO1. The van der Waals surface area contributed by atoms with E-state index in [-0.39, 0.29) is 18.1 Å². The van der Waals surface area contributed by atoms with Gasteiger partial charge in [0.2, 0.25) is 11.8 Å². The maximum Gasteiger partial charge on any atom is 0.243 e. The molecule has 2 unspecified atom stereocenters. The number of amides is 2. The minimum Gasteiger partial charge on any atom is -0.361 e. The van der Waals surface area contributed by atoms with Gasteiger partial charge in [0.05, 0.1) is 18.7 Å². The zero-order valence-electron chi connectivity index (χ0n) is 20.1. The summed E-state index contributed by atoms with van der Waals surface area (Å²) in [6.07, 6.45) is 1.13. The summed E-state index contributed by atoms with van der Waals surface area (Å²) >= 11 is 0. The normalized spacial score (nSPS) is 19.7. The van der Waals surface area contributed by atoms with Crippen molar-refractivity contribution in [1.29, 1.82) is 0 Å². The van der Waals surface area contributed by atoms with E-state index in [9.17, 15) is 14.4 Å². The summed E-state index contributed by atoms with van der Waals surface area (Å²) in [7, 11) is 0. The Morgan fingerprint density at radius 1 is 0.882 bits per heavy atom. The molecule has 1 aliphatic rings. The fourth-order valence-electron chi connectivity index (χ4n) is 3.89. The molecule has 1 heterocycles. The van der Waals surface area contributed by atoms with Gasteiger partial charge in [-0.15, -0.1) is 0 Å². The number of benzene rings is 2. The average molecular weight is 466 g/mol. The second kappa shape index (κ2) is 11.4. The fourth-order valence-corrected chi connectivity index (χ4v) is 3.89. The van der Waals surface area contributed by atoms with Crippen molar-refractivity contribution in [3.63, 3.8) is 0 Å². The van der Waals surface area contributed by atoms with E-state index in [4.69, 9.17) is 10.5 Å². The zero-order chi connectivity index (χ0) is 24.7. The van der Waals surface area contributed by atoms with Crippen LogP contribution in [0, 0.1) is 5.92 Å². The lowest BCUT2D eigenvalue weighted by molar-refractivity contribution is -0.133. The van der Waals surface area contributed by atoms with Gasteiger partial charge in [-0.2, -0.15) is 0 Å². The number of carbonyl (C=O) groups is 3. The van der Waals surface area contributed by atoms with E-state index in [1.807, 2.05) is 74.5 Å². The van der Waals surface area contributed by atoms with Crippen LogP contribution in [0.2, 0.25) is 0 Å². The fraction of sp³-hybridized carbons (Fsp3) is 0.444. The molecular formula is C27H35N3O4. The first-order valence-electron chi connectivity index (χ1n) is 11.8. The van der Waals surface area contributed by atoms with E-state index >= 15 is 0 Å². The highest BCUT2D eigenvalue weighted by Crippen LogP contribution is 2.29. The van der Waals surface area contributed by atoms with E-state index in [1.165, 1.54) is 0 Å².